The number of fused-ring (bicyclic) bond motifs is 2. The average Bonchev–Trinajstić information content (AvgIpc) is 2.98. The Hall–Kier alpha value is -0.305. The third kappa shape index (κ3) is 2.81. The summed E-state index contributed by atoms with van der Waals surface area (Å²) in [6.45, 7) is 3.51. The van der Waals surface area contributed by atoms with E-state index in [4.69, 9.17) is 0 Å². The van der Waals surface area contributed by atoms with Gasteiger partial charge in [-0.05, 0) is 83.3 Å². The number of hydrogen-bond acceptors (Lipinski definition) is 0. The van der Waals surface area contributed by atoms with Gasteiger partial charge in [0.15, 0.2) is 11.9 Å². The Labute approximate surface area is 208 Å². The first kappa shape index (κ1) is 22.4. The second kappa shape index (κ2) is 7.43. The Bertz CT molecular complexity index is 1130. The maximum Gasteiger partial charge on any atom is 0.737 e. The van der Waals surface area contributed by atoms with E-state index in [0.29, 0.717) is 22.8 Å². The van der Waals surface area contributed by atoms with E-state index in [1.54, 1.807) is 13.8 Å². The summed E-state index contributed by atoms with van der Waals surface area (Å²) in [5.41, 5.74) is 6.13. The molecule has 0 spiro atoms. The normalized spacial score (nSPS) is 17.8. The van der Waals surface area contributed by atoms with Crippen molar-refractivity contribution in [1.29, 1.82) is 0 Å². The Kier molecular flexibility index (Phi) is 5.94. The topological polar surface area (TPSA) is 11.8 Å². The number of pyridine rings is 1. The maximum absolute atomic E-state index is 15.8. The first-order valence-electron chi connectivity index (χ1n) is 8.69. The largest absolute Gasteiger partial charge is 1.00 e. The second-order valence-corrected chi connectivity index (χ2v) is 9.30. The van der Waals surface area contributed by atoms with Gasteiger partial charge in [0.2, 0.25) is 5.69 Å². The standard InChI is InChI=1S/C19H19BF2I2N3.HI/c1-10-16(23)12(3)26-18(10)15(14-8-6-7-9-25(14)5)19-11(2)17(24)13(4)27(19)20(26,21)22;/h6-9H,1-5H3;1H/q+1;/p-1. The van der Waals surface area contributed by atoms with Crippen LogP contribution < -0.4 is 28.5 Å². The lowest BCUT2D eigenvalue weighted by Crippen LogP contribution is -3.00. The fraction of sp³-hybridized carbons (Fsp3) is 0.263. The van der Waals surface area contributed by atoms with Crippen molar-refractivity contribution in [3.05, 3.63) is 65.5 Å². The van der Waals surface area contributed by atoms with E-state index in [1.165, 1.54) is 8.96 Å². The molecule has 4 rings (SSSR count). The van der Waals surface area contributed by atoms with Crippen molar-refractivity contribution in [2.75, 3.05) is 0 Å². The van der Waals surface area contributed by atoms with Gasteiger partial charge < -0.3 is 41.6 Å². The van der Waals surface area contributed by atoms with E-state index in [-0.39, 0.29) is 24.0 Å². The number of nitrogens with zero attached hydrogens (tertiary/aromatic N) is 3. The predicted octanol–water partition coefficient (Wildman–Crippen LogP) is 1.73. The van der Waals surface area contributed by atoms with Gasteiger partial charge >= 0.3 is 6.97 Å². The molecule has 0 atom stereocenters. The van der Waals surface area contributed by atoms with Crippen molar-refractivity contribution >= 4 is 63.4 Å². The number of hydrogen-bond donors (Lipinski definition) is 0. The highest BCUT2D eigenvalue weighted by molar-refractivity contribution is 14.1. The van der Waals surface area contributed by atoms with Crippen LogP contribution in [0.2, 0.25) is 0 Å². The lowest BCUT2D eigenvalue weighted by molar-refractivity contribution is -0.673. The molecule has 0 saturated heterocycles. The van der Waals surface area contributed by atoms with E-state index in [2.05, 4.69) is 45.2 Å². The molecule has 0 saturated carbocycles. The summed E-state index contributed by atoms with van der Waals surface area (Å²) < 4.78 is 38.0. The second-order valence-electron chi connectivity index (χ2n) is 7.15. The van der Waals surface area contributed by atoms with Crippen LogP contribution in [0.15, 0.2) is 39.2 Å². The van der Waals surface area contributed by atoms with Crippen molar-refractivity contribution < 1.29 is 41.7 Å². The maximum atomic E-state index is 15.8. The molecule has 0 aromatic carbocycles. The fourth-order valence-corrected chi connectivity index (χ4v) is 5.34. The molecule has 148 valence electrons. The van der Waals surface area contributed by atoms with Gasteiger partial charge in [-0.15, -0.1) is 0 Å². The lowest BCUT2D eigenvalue weighted by Gasteiger charge is -2.32. The van der Waals surface area contributed by atoms with Gasteiger partial charge in [-0.25, -0.2) is 4.57 Å². The molecule has 2 aliphatic heterocycles. The van der Waals surface area contributed by atoms with Crippen LogP contribution in [0.25, 0.3) is 5.57 Å². The van der Waals surface area contributed by atoms with Crippen LogP contribution in [0.5, 0.6) is 0 Å². The van der Waals surface area contributed by atoms with Crippen molar-refractivity contribution in [1.82, 2.24) is 4.48 Å². The molecule has 0 N–H and O–H groups in total. The molecule has 28 heavy (non-hydrogen) atoms. The summed E-state index contributed by atoms with van der Waals surface area (Å²) in [5, 5.41) is 0. The van der Waals surface area contributed by atoms with E-state index >= 15 is 8.63 Å². The highest BCUT2D eigenvalue weighted by Gasteiger charge is 2.57. The summed E-state index contributed by atoms with van der Waals surface area (Å²) in [7, 11) is 1.96. The SMILES string of the molecule is CC1=C(I)C(C)=[N+]2C1=C(c1cccc[n+]1C)c1c(C)c(I)c(C)n1[B-]2(F)F.[I-]. The lowest BCUT2D eigenvalue weighted by atomic mass is 9.85. The molecule has 3 nitrogen and oxygen atoms in total. The molecular formula is C19H19BF2I3N3. The fourth-order valence-electron chi connectivity index (χ4n) is 4.30. The van der Waals surface area contributed by atoms with Gasteiger partial charge in [-0.2, -0.15) is 0 Å². The third-order valence-electron chi connectivity index (χ3n) is 5.61. The average molecular weight is 719 g/mol. The van der Waals surface area contributed by atoms with Crippen LogP contribution in [-0.2, 0) is 7.05 Å². The Morgan fingerprint density at radius 2 is 1.71 bits per heavy atom. The summed E-state index contributed by atoms with van der Waals surface area (Å²) >= 11 is 4.38. The highest BCUT2D eigenvalue weighted by atomic mass is 127. The third-order valence-corrected chi connectivity index (χ3v) is 8.79. The number of rotatable bonds is 1. The first-order valence-corrected chi connectivity index (χ1v) is 10.9. The summed E-state index contributed by atoms with van der Waals surface area (Å²) in [4.78, 5) is 0. The summed E-state index contributed by atoms with van der Waals surface area (Å²) in [6, 6.07) is 5.91. The molecule has 4 heterocycles. The van der Waals surface area contributed by atoms with E-state index < -0.39 is 6.97 Å². The van der Waals surface area contributed by atoms with Crippen molar-refractivity contribution in [2.45, 2.75) is 27.7 Å². The predicted molar refractivity (Wildman–Crippen MR) is 121 cm³/mol. The summed E-state index contributed by atoms with van der Waals surface area (Å²) in [5.74, 6) is 0. The number of aryl methyl sites for hydroxylation is 1. The quantitative estimate of drug-likeness (QED) is 0.242. The van der Waals surface area contributed by atoms with Gasteiger partial charge in [0.05, 0.1) is 3.58 Å². The van der Waals surface area contributed by atoms with Gasteiger partial charge in [-0.1, -0.05) is 0 Å². The molecule has 0 bridgehead atoms. The number of allylic oxidation sites excluding steroid dienone is 2. The minimum Gasteiger partial charge on any atom is -1.00 e. The van der Waals surface area contributed by atoms with E-state index in [9.17, 15) is 0 Å². The molecule has 2 aromatic heterocycles. The van der Waals surface area contributed by atoms with Crippen molar-refractivity contribution in [2.24, 2.45) is 7.05 Å². The van der Waals surface area contributed by atoms with Crippen LogP contribution in [-0.4, -0.2) is 21.6 Å². The minimum absolute atomic E-state index is 0. The molecule has 0 aliphatic carbocycles. The van der Waals surface area contributed by atoms with Gasteiger partial charge in [-0.3, -0.25) is 0 Å². The molecule has 0 fully saturated rings. The van der Waals surface area contributed by atoms with Crippen LogP contribution in [0, 0.1) is 17.4 Å². The van der Waals surface area contributed by atoms with Crippen molar-refractivity contribution in [3.8, 4) is 0 Å². The molecule has 0 radical (unpaired) electrons. The van der Waals surface area contributed by atoms with E-state index in [0.717, 1.165) is 29.6 Å². The van der Waals surface area contributed by atoms with Crippen LogP contribution in [0.1, 0.15) is 36.5 Å². The Balaban J connectivity index is 0.00000225. The zero-order chi connectivity index (χ0) is 19.8. The highest BCUT2D eigenvalue weighted by Crippen LogP contribution is 2.46. The van der Waals surface area contributed by atoms with Gasteiger partial charge in [0, 0.05) is 33.9 Å². The molecule has 2 aromatic rings. The Morgan fingerprint density at radius 3 is 2.32 bits per heavy atom. The van der Waals surface area contributed by atoms with Gasteiger partial charge in [0.25, 0.3) is 0 Å². The zero-order valence-electron chi connectivity index (χ0n) is 16.1. The van der Waals surface area contributed by atoms with Crippen molar-refractivity contribution in [3.63, 3.8) is 0 Å². The molecule has 0 unspecified atom stereocenters. The smallest absolute Gasteiger partial charge is 0.737 e. The van der Waals surface area contributed by atoms with Crippen LogP contribution in [0.4, 0.5) is 8.63 Å². The monoisotopic (exact) mass is 719 g/mol. The molecule has 0 amide bonds. The van der Waals surface area contributed by atoms with Crippen LogP contribution >= 0.6 is 45.2 Å². The van der Waals surface area contributed by atoms with Crippen LogP contribution in [0.3, 0.4) is 0 Å². The summed E-state index contributed by atoms with van der Waals surface area (Å²) in [6.07, 6.45) is 1.96. The molecular weight excluding hydrogens is 700 g/mol. The molecule has 2 aliphatic rings. The van der Waals surface area contributed by atoms with Gasteiger partial charge in [0.1, 0.15) is 18.3 Å². The zero-order valence-corrected chi connectivity index (χ0v) is 22.6. The molecule has 9 heteroatoms. The number of halogens is 5. The first-order chi connectivity index (χ1) is 12.6. The minimum atomic E-state index is -3.96. The Morgan fingerprint density at radius 1 is 1.07 bits per heavy atom. The van der Waals surface area contributed by atoms with E-state index in [1.807, 2.05) is 49.9 Å². The number of aromatic nitrogens is 2.